The van der Waals surface area contributed by atoms with E-state index < -0.39 is 10.0 Å². The lowest BCUT2D eigenvalue weighted by atomic mass is 10.3. The van der Waals surface area contributed by atoms with Crippen molar-refractivity contribution in [1.82, 2.24) is 18.9 Å². The molecule has 0 fully saturated rings. The minimum Gasteiger partial charge on any atom is -0.305 e. The number of pyridine rings is 1. The van der Waals surface area contributed by atoms with Crippen LogP contribution in [0.4, 0.5) is 0 Å². The third-order valence-electron chi connectivity index (χ3n) is 3.47. The Morgan fingerprint density at radius 2 is 1.82 bits per heavy atom. The molecule has 110 valence electrons. The second-order valence-corrected chi connectivity index (χ2v) is 6.61. The fraction of sp³-hybridized carbons (Fsp3) is 0. The normalized spacial score (nSPS) is 12.2. The van der Waals surface area contributed by atoms with Crippen molar-refractivity contribution >= 4 is 32.1 Å². The Labute approximate surface area is 124 Å². The molecule has 0 amide bonds. The highest BCUT2D eigenvalue weighted by Crippen LogP contribution is 2.24. The molecule has 0 aliphatic carbocycles. The van der Waals surface area contributed by atoms with Gasteiger partial charge in [0.05, 0.1) is 22.1 Å². The SMILES string of the molecule is O=c1[nH]c2cnc3c(ccn3S(=O)(=O)c3ccccc3)c2[nH]1. The van der Waals surface area contributed by atoms with Gasteiger partial charge in [-0.3, -0.25) is 0 Å². The van der Waals surface area contributed by atoms with Gasteiger partial charge >= 0.3 is 5.69 Å². The predicted octanol–water partition coefficient (Wildman–Crippen LogP) is 1.44. The minimum absolute atomic E-state index is 0.178. The number of aromatic amines is 2. The molecule has 8 heteroatoms. The highest BCUT2D eigenvalue weighted by molar-refractivity contribution is 7.90. The number of aromatic nitrogens is 4. The highest BCUT2D eigenvalue weighted by Gasteiger charge is 2.20. The summed E-state index contributed by atoms with van der Waals surface area (Å²) in [6.07, 6.45) is 2.87. The number of hydrogen-bond donors (Lipinski definition) is 2. The fourth-order valence-corrected chi connectivity index (χ4v) is 3.78. The summed E-state index contributed by atoms with van der Waals surface area (Å²) in [7, 11) is -3.73. The first-order chi connectivity index (χ1) is 10.6. The monoisotopic (exact) mass is 314 g/mol. The zero-order chi connectivity index (χ0) is 15.3. The topological polar surface area (TPSA) is 101 Å². The van der Waals surface area contributed by atoms with Gasteiger partial charge in [0.1, 0.15) is 0 Å². The van der Waals surface area contributed by atoms with Gasteiger partial charge in [-0.1, -0.05) is 18.2 Å². The standard InChI is InChI=1S/C14H10N4O3S/c19-14-16-11-8-15-13-10(12(11)17-14)6-7-18(13)22(20,21)9-4-2-1-3-5-9/h1-8H,(H2,16,17,19). The van der Waals surface area contributed by atoms with Crippen LogP contribution in [0.2, 0.25) is 0 Å². The summed E-state index contributed by atoms with van der Waals surface area (Å²) in [6, 6.07) is 9.74. The van der Waals surface area contributed by atoms with Gasteiger partial charge in [0, 0.05) is 11.6 Å². The van der Waals surface area contributed by atoms with E-state index in [-0.39, 0.29) is 16.2 Å². The summed E-state index contributed by atoms with van der Waals surface area (Å²) >= 11 is 0. The maximum absolute atomic E-state index is 12.7. The van der Waals surface area contributed by atoms with Crippen LogP contribution >= 0.6 is 0 Å². The van der Waals surface area contributed by atoms with E-state index in [4.69, 9.17) is 0 Å². The number of fused-ring (bicyclic) bond motifs is 3. The third-order valence-corrected chi connectivity index (χ3v) is 5.15. The number of H-pyrrole nitrogens is 2. The molecule has 22 heavy (non-hydrogen) atoms. The first kappa shape index (κ1) is 12.8. The van der Waals surface area contributed by atoms with E-state index in [1.54, 1.807) is 24.3 Å². The lowest BCUT2D eigenvalue weighted by molar-refractivity contribution is 0.589. The zero-order valence-corrected chi connectivity index (χ0v) is 12.0. The van der Waals surface area contributed by atoms with Crippen molar-refractivity contribution in [3.63, 3.8) is 0 Å². The Hall–Kier alpha value is -2.87. The number of benzene rings is 1. The van der Waals surface area contributed by atoms with Crippen LogP contribution in [0.1, 0.15) is 0 Å². The first-order valence-electron chi connectivity index (χ1n) is 6.46. The second kappa shape index (κ2) is 4.31. The van der Waals surface area contributed by atoms with E-state index >= 15 is 0 Å². The van der Waals surface area contributed by atoms with Crippen LogP contribution in [-0.4, -0.2) is 27.3 Å². The van der Waals surface area contributed by atoms with E-state index in [0.717, 1.165) is 3.97 Å². The van der Waals surface area contributed by atoms with E-state index in [1.165, 1.54) is 24.5 Å². The molecular formula is C14H10N4O3S. The minimum atomic E-state index is -3.73. The molecule has 4 aromatic rings. The molecular weight excluding hydrogens is 304 g/mol. The predicted molar refractivity (Wildman–Crippen MR) is 81.2 cm³/mol. The third kappa shape index (κ3) is 1.70. The summed E-state index contributed by atoms with van der Waals surface area (Å²) in [5.41, 5.74) is 0.985. The smallest absolute Gasteiger partial charge is 0.305 e. The molecule has 0 bridgehead atoms. The van der Waals surface area contributed by atoms with E-state index in [9.17, 15) is 13.2 Å². The Kier molecular flexibility index (Phi) is 2.52. The molecule has 0 aliphatic heterocycles. The lowest BCUT2D eigenvalue weighted by Gasteiger charge is -2.06. The van der Waals surface area contributed by atoms with E-state index in [1.807, 2.05) is 0 Å². The Morgan fingerprint density at radius 3 is 2.59 bits per heavy atom. The summed E-state index contributed by atoms with van der Waals surface area (Å²) in [5, 5.41) is 0.565. The Bertz CT molecular complexity index is 1150. The van der Waals surface area contributed by atoms with Crippen LogP contribution in [0, 0.1) is 0 Å². The number of rotatable bonds is 2. The van der Waals surface area contributed by atoms with Crippen LogP contribution < -0.4 is 5.69 Å². The zero-order valence-electron chi connectivity index (χ0n) is 11.1. The van der Waals surface area contributed by atoms with Crippen LogP contribution in [0.3, 0.4) is 0 Å². The number of hydrogen-bond acceptors (Lipinski definition) is 4. The fourth-order valence-electron chi connectivity index (χ4n) is 2.46. The molecule has 1 aromatic carbocycles. The van der Waals surface area contributed by atoms with Crippen molar-refractivity contribution in [2.24, 2.45) is 0 Å². The van der Waals surface area contributed by atoms with Crippen LogP contribution in [-0.2, 0) is 10.0 Å². The Balaban J connectivity index is 2.04. The molecule has 3 heterocycles. The average molecular weight is 314 g/mol. The van der Waals surface area contributed by atoms with Crippen molar-refractivity contribution in [3.8, 4) is 0 Å². The summed E-state index contributed by atoms with van der Waals surface area (Å²) in [6.45, 7) is 0. The number of imidazole rings is 1. The molecule has 0 saturated heterocycles. The highest BCUT2D eigenvalue weighted by atomic mass is 32.2. The molecule has 0 atom stereocenters. The average Bonchev–Trinajstić information content (AvgIpc) is 3.10. The van der Waals surface area contributed by atoms with Crippen molar-refractivity contribution in [1.29, 1.82) is 0 Å². The van der Waals surface area contributed by atoms with Gasteiger partial charge in [0.2, 0.25) is 0 Å². The molecule has 0 unspecified atom stereocenters. The van der Waals surface area contributed by atoms with E-state index in [0.29, 0.717) is 16.4 Å². The summed E-state index contributed by atoms with van der Waals surface area (Å²) in [4.78, 5) is 21.0. The van der Waals surface area contributed by atoms with Gasteiger partial charge in [0.15, 0.2) is 5.65 Å². The van der Waals surface area contributed by atoms with Crippen molar-refractivity contribution in [3.05, 3.63) is 59.3 Å². The maximum atomic E-state index is 12.7. The van der Waals surface area contributed by atoms with E-state index in [2.05, 4.69) is 15.0 Å². The van der Waals surface area contributed by atoms with Crippen molar-refractivity contribution in [2.75, 3.05) is 0 Å². The molecule has 0 saturated carbocycles. The summed E-state index contributed by atoms with van der Waals surface area (Å²) in [5.74, 6) is 0. The maximum Gasteiger partial charge on any atom is 0.323 e. The quantitative estimate of drug-likeness (QED) is 0.584. The largest absolute Gasteiger partial charge is 0.323 e. The van der Waals surface area contributed by atoms with Crippen molar-refractivity contribution < 1.29 is 8.42 Å². The van der Waals surface area contributed by atoms with Crippen LogP contribution in [0.5, 0.6) is 0 Å². The molecule has 0 radical (unpaired) electrons. The molecule has 0 spiro atoms. The van der Waals surface area contributed by atoms with Gasteiger partial charge in [-0.15, -0.1) is 0 Å². The molecule has 0 aliphatic rings. The Morgan fingerprint density at radius 1 is 1.05 bits per heavy atom. The first-order valence-corrected chi connectivity index (χ1v) is 7.90. The molecule has 4 rings (SSSR count). The van der Waals surface area contributed by atoms with Gasteiger partial charge in [0.25, 0.3) is 10.0 Å². The lowest BCUT2D eigenvalue weighted by Crippen LogP contribution is -2.12. The number of nitrogens with one attached hydrogen (secondary N) is 2. The van der Waals surface area contributed by atoms with Crippen LogP contribution in [0.25, 0.3) is 22.1 Å². The van der Waals surface area contributed by atoms with Crippen LogP contribution in [0.15, 0.2) is 58.5 Å². The van der Waals surface area contributed by atoms with Gasteiger partial charge in [-0.05, 0) is 18.2 Å². The molecule has 7 nitrogen and oxygen atoms in total. The summed E-state index contributed by atoms with van der Waals surface area (Å²) < 4.78 is 26.5. The van der Waals surface area contributed by atoms with Gasteiger partial charge in [-0.2, -0.15) is 0 Å². The van der Waals surface area contributed by atoms with Gasteiger partial charge in [-0.25, -0.2) is 22.2 Å². The molecule has 2 N–H and O–H groups in total. The molecule has 3 aromatic heterocycles. The van der Waals surface area contributed by atoms with Crippen molar-refractivity contribution in [2.45, 2.75) is 4.90 Å². The number of nitrogens with zero attached hydrogens (tertiary/aromatic N) is 2. The van der Waals surface area contributed by atoms with Gasteiger partial charge < -0.3 is 9.97 Å². The second-order valence-electron chi connectivity index (χ2n) is 4.79.